The molecule has 2 atom stereocenters. The molecular formula is C7H14N2O2S. The second-order valence-corrected chi connectivity index (χ2v) is 5.34. The van der Waals surface area contributed by atoms with Crippen LogP contribution < -0.4 is 11.1 Å². The fourth-order valence-corrected chi connectivity index (χ4v) is 2.06. The van der Waals surface area contributed by atoms with Crippen LogP contribution in [0.2, 0.25) is 0 Å². The van der Waals surface area contributed by atoms with Gasteiger partial charge in [0.15, 0.2) is 0 Å². The van der Waals surface area contributed by atoms with Gasteiger partial charge in [-0.25, -0.2) is 0 Å². The molecule has 4 N–H and O–H groups in total. The van der Waals surface area contributed by atoms with Crippen molar-refractivity contribution in [1.29, 1.82) is 0 Å². The highest BCUT2D eigenvalue weighted by Crippen LogP contribution is 2.31. The van der Waals surface area contributed by atoms with Crippen LogP contribution in [0.25, 0.3) is 0 Å². The van der Waals surface area contributed by atoms with Crippen LogP contribution >= 0.6 is 11.8 Å². The van der Waals surface area contributed by atoms with Crippen molar-refractivity contribution in [3.05, 3.63) is 0 Å². The Morgan fingerprint density at radius 3 is 2.67 bits per heavy atom. The number of β-lactam (4-membered cyclic amide) rings is 1. The van der Waals surface area contributed by atoms with Crippen LogP contribution in [0.1, 0.15) is 13.8 Å². The number of rotatable bonds is 3. The first-order valence-electron chi connectivity index (χ1n) is 3.81. The van der Waals surface area contributed by atoms with Crippen LogP contribution in [0, 0.1) is 0 Å². The van der Waals surface area contributed by atoms with Gasteiger partial charge in [-0.05, 0) is 13.8 Å². The Balaban J connectivity index is 2.38. The van der Waals surface area contributed by atoms with Crippen molar-refractivity contribution >= 4 is 17.7 Å². The lowest BCUT2D eigenvalue weighted by atomic mass is 10.2. The van der Waals surface area contributed by atoms with Gasteiger partial charge in [0.1, 0.15) is 6.04 Å². The second-order valence-electron chi connectivity index (χ2n) is 3.49. The number of carbonyl (C=O) groups excluding carboxylic acids is 1. The summed E-state index contributed by atoms with van der Waals surface area (Å²) in [7, 11) is 0. The minimum absolute atomic E-state index is 0.0420. The smallest absolute Gasteiger partial charge is 0.240 e. The number of nitrogens with two attached hydrogens (primary N) is 1. The van der Waals surface area contributed by atoms with Gasteiger partial charge in [0, 0.05) is 4.75 Å². The lowest BCUT2D eigenvalue weighted by Gasteiger charge is -2.37. The van der Waals surface area contributed by atoms with Gasteiger partial charge in [0.05, 0.1) is 12.0 Å². The number of hydrogen-bond donors (Lipinski definition) is 3. The SMILES string of the molecule is CC(C)(CO)SC1NC(=O)C1N. The van der Waals surface area contributed by atoms with E-state index in [1.54, 1.807) is 0 Å². The first kappa shape index (κ1) is 9.83. The van der Waals surface area contributed by atoms with E-state index in [9.17, 15) is 4.79 Å². The Hall–Kier alpha value is -0.260. The molecule has 1 fully saturated rings. The van der Waals surface area contributed by atoms with Gasteiger partial charge in [0.2, 0.25) is 5.91 Å². The molecule has 0 radical (unpaired) electrons. The first-order chi connectivity index (χ1) is 5.46. The number of amides is 1. The molecule has 1 saturated heterocycles. The van der Waals surface area contributed by atoms with E-state index in [0.29, 0.717) is 0 Å². The molecule has 0 aliphatic carbocycles. The third-order valence-corrected chi connectivity index (χ3v) is 3.17. The number of carbonyl (C=O) groups is 1. The number of thioether (sulfide) groups is 1. The van der Waals surface area contributed by atoms with Crippen LogP contribution in [0.5, 0.6) is 0 Å². The molecule has 0 bridgehead atoms. The van der Waals surface area contributed by atoms with Gasteiger partial charge in [-0.3, -0.25) is 4.79 Å². The largest absolute Gasteiger partial charge is 0.395 e. The lowest BCUT2D eigenvalue weighted by molar-refractivity contribution is -0.128. The summed E-state index contributed by atoms with van der Waals surface area (Å²) < 4.78 is -0.240. The molecule has 1 aliphatic rings. The highest BCUT2D eigenvalue weighted by Gasteiger charge is 2.39. The van der Waals surface area contributed by atoms with E-state index in [1.165, 1.54) is 11.8 Å². The summed E-state index contributed by atoms with van der Waals surface area (Å²) in [6, 6.07) is -0.416. The third kappa shape index (κ3) is 1.91. The minimum Gasteiger partial charge on any atom is -0.395 e. The van der Waals surface area contributed by atoms with Crippen LogP contribution in [-0.2, 0) is 4.79 Å². The van der Waals surface area contributed by atoms with Crippen LogP contribution in [0.3, 0.4) is 0 Å². The molecule has 4 nitrogen and oxygen atoms in total. The number of nitrogens with one attached hydrogen (secondary N) is 1. The summed E-state index contributed by atoms with van der Waals surface area (Å²) in [5, 5.41) is 11.6. The standard InChI is InChI=1S/C7H14N2O2S/c1-7(2,3-10)12-6-4(8)5(11)9-6/h4,6,10H,3,8H2,1-2H3,(H,9,11). The maximum absolute atomic E-state index is 10.7. The van der Waals surface area contributed by atoms with E-state index >= 15 is 0 Å². The van der Waals surface area contributed by atoms with Crippen molar-refractivity contribution in [1.82, 2.24) is 5.32 Å². The fraction of sp³-hybridized carbons (Fsp3) is 0.857. The zero-order chi connectivity index (χ0) is 9.35. The van der Waals surface area contributed by atoms with Crippen molar-refractivity contribution in [2.45, 2.75) is 30.0 Å². The van der Waals surface area contributed by atoms with Gasteiger partial charge >= 0.3 is 0 Å². The zero-order valence-corrected chi connectivity index (χ0v) is 8.02. The van der Waals surface area contributed by atoms with Crippen LogP contribution in [-0.4, -0.2) is 33.8 Å². The molecule has 0 aromatic heterocycles. The third-order valence-electron chi connectivity index (χ3n) is 1.74. The van der Waals surface area contributed by atoms with E-state index in [1.807, 2.05) is 13.8 Å². The molecule has 12 heavy (non-hydrogen) atoms. The predicted molar refractivity (Wildman–Crippen MR) is 48.7 cm³/mol. The van der Waals surface area contributed by atoms with E-state index in [2.05, 4.69) is 5.32 Å². The molecule has 1 rings (SSSR count). The van der Waals surface area contributed by atoms with E-state index in [4.69, 9.17) is 10.8 Å². The Morgan fingerprint density at radius 1 is 1.75 bits per heavy atom. The van der Waals surface area contributed by atoms with E-state index in [-0.39, 0.29) is 22.6 Å². The summed E-state index contributed by atoms with van der Waals surface area (Å²) in [5.74, 6) is -0.110. The van der Waals surface area contributed by atoms with E-state index in [0.717, 1.165) is 0 Å². The Labute approximate surface area is 75.9 Å². The molecule has 2 unspecified atom stereocenters. The molecule has 70 valence electrons. The lowest BCUT2D eigenvalue weighted by Crippen LogP contribution is -2.66. The molecule has 0 saturated carbocycles. The summed E-state index contributed by atoms with van der Waals surface area (Å²) in [5.41, 5.74) is 5.51. The molecule has 1 amide bonds. The molecule has 0 aromatic carbocycles. The number of hydrogen-bond acceptors (Lipinski definition) is 4. The zero-order valence-electron chi connectivity index (χ0n) is 7.20. The van der Waals surface area contributed by atoms with Crippen molar-refractivity contribution in [2.24, 2.45) is 5.73 Å². The fourth-order valence-electron chi connectivity index (χ4n) is 0.851. The minimum atomic E-state index is -0.416. The summed E-state index contributed by atoms with van der Waals surface area (Å²) in [6.45, 7) is 3.90. The van der Waals surface area contributed by atoms with Crippen molar-refractivity contribution < 1.29 is 9.90 Å². The van der Waals surface area contributed by atoms with Gasteiger partial charge < -0.3 is 16.2 Å². The Bertz CT molecular complexity index is 196. The summed E-state index contributed by atoms with van der Waals surface area (Å²) in [4.78, 5) is 10.7. The molecule has 0 spiro atoms. The molecule has 1 aliphatic heterocycles. The molecular weight excluding hydrogens is 176 g/mol. The summed E-state index contributed by atoms with van der Waals surface area (Å²) >= 11 is 1.49. The van der Waals surface area contributed by atoms with Gasteiger partial charge in [0.25, 0.3) is 0 Å². The maximum Gasteiger partial charge on any atom is 0.240 e. The average molecular weight is 190 g/mol. The monoisotopic (exact) mass is 190 g/mol. The Morgan fingerprint density at radius 2 is 2.33 bits per heavy atom. The van der Waals surface area contributed by atoms with Crippen molar-refractivity contribution in [3.63, 3.8) is 0 Å². The second kappa shape index (κ2) is 3.24. The molecule has 5 heteroatoms. The first-order valence-corrected chi connectivity index (χ1v) is 4.69. The highest BCUT2D eigenvalue weighted by atomic mass is 32.2. The topological polar surface area (TPSA) is 75.3 Å². The highest BCUT2D eigenvalue weighted by molar-refractivity contribution is 8.01. The van der Waals surface area contributed by atoms with Crippen molar-refractivity contribution in [3.8, 4) is 0 Å². The number of aliphatic hydroxyl groups is 1. The van der Waals surface area contributed by atoms with E-state index < -0.39 is 6.04 Å². The molecule has 1 heterocycles. The predicted octanol–water partition coefficient (Wildman–Crippen LogP) is -0.726. The normalized spacial score (nSPS) is 29.5. The Kier molecular flexibility index (Phi) is 2.65. The maximum atomic E-state index is 10.7. The van der Waals surface area contributed by atoms with Crippen LogP contribution in [0.15, 0.2) is 0 Å². The van der Waals surface area contributed by atoms with Crippen molar-refractivity contribution in [2.75, 3.05) is 6.61 Å². The molecule has 0 aromatic rings. The van der Waals surface area contributed by atoms with Gasteiger partial charge in [-0.15, -0.1) is 11.8 Å². The quantitative estimate of drug-likeness (QED) is 0.513. The number of aliphatic hydroxyl groups excluding tert-OH is 1. The van der Waals surface area contributed by atoms with Crippen LogP contribution in [0.4, 0.5) is 0 Å². The average Bonchev–Trinajstić information content (AvgIpc) is 2.03. The van der Waals surface area contributed by atoms with Gasteiger partial charge in [-0.1, -0.05) is 0 Å². The summed E-state index contributed by atoms with van der Waals surface area (Å²) in [6.07, 6.45) is 0. The van der Waals surface area contributed by atoms with Gasteiger partial charge in [-0.2, -0.15) is 0 Å².